The molecule has 0 atom stereocenters. The molecule has 0 saturated carbocycles. The Morgan fingerprint density at radius 3 is 2.89 bits per heavy atom. The first-order chi connectivity index (χ1) is 8.88. The summed E-state index contributed by atoms with van der Waals surface area (Å²) in [6.07, 6.45) is 3.49. The SMILES string of the molecule is N#Cc1[nH]c(-c2cccs2)cc1-c1cccnc1. The van der Waals surface area contributed by atoms with E-state index in [0.717, 1.165) is 21.7 Å². The Bertz CT molecular complexity index is 690. The lowest BCUT2D eigenvalue weighted by Crippen LogP contribution is -1.80. The second-order valence-electron chi connectivity index (χ2n) is 3.80. The molecule has 18 heavy (non-hydrogen) atoms. The number of H-pyrrole nitrogens is 1. The first-order valence-electron chi connectivity index (χ1n) is 5.46. The quantitative estimate of drug-likeness (QED) is 0.755. The third-order valence-corrected chi connectivity index (χ3v) is 3.59. The van der Waals surface area contributed by atoms with Crippen molar-refractivity contribution in [3.63, 3.8) is 0 Å². The van der Waals surface area contributed by atoms with Crippen LogP contribution in [0.25, 0.3) is 21.7 Å². The van der Waals surface area contributed by atoms with Crippen LogP contribution < -0.4 is 0 Å². The molecule has 3 rings (SSSR count). The molecule has 0 unspecified atom stereocenters. The predicted octanol–water partition coefficient (Wildman–Crippen LogP) is 3.68. The molecule has 0 saturated heterocycles. The highest BCUT2D eigenvalue weighted by Crippen LogP contribution is 2.31. The zero-order valence-corrected chi connectivity index (χ0v) is 10.2. The molecular weight excluding hydrogens is 242 g/mol. The predicted molar refractivity (Wildman–Crippen MR) is 72.1 cm³/mol. The van der Waals surface area contributed by atoms with Gasteiger partial charge in [-0.3, -0.25) is 4.98 Å². The molecule has 0 aliphatic heterocycles. The second kappa shape index (κ2) is 4.47. The van der Waals surface area contributed by atoms with Gasteiger partial charge in [-0.2, -0.15) is 5.26 Å². The molecule has 4 heteroatoms. The van der Waals surface area contributed by atoms with Gasteiger partial charge in [-0.05, 0) is 23.6 Å². The Hall–Kier alpha value is -2.38. The van der Waals surface area contributed by atoms with Gasteiger partial charge in [-0.25, -0.2) is 0 Å². The van der Waals surface area contributed by atoms with Crippen molar-refractivity contribution in [1.82, 2.24) is 9.97 Å². The average molecular weight is 251 g/mol. The molecule has 0 amide bonds. The van der Waals surface area contributed by atoms with Crippen molar-refractivity contribution < 1.29 is 0 Å². The number of nitrogens with one attached hydrogen (secondary N) is 1. The normalized spacial score (nSPS) is 10.2. The Balaban J connectivity index is 2.14. The monoisotopic (exact) mass is 251 g/mol. The molecular formula is C14H9N3S. The van der Waals surface area contributed by atoms with E-state index in [4.69, 9.17) is 0 Å². The third kappa shape index (κ3) is 1.81. The van der Waals surface area contributed by atoms with Crippen LogP contribution in [0.2, 0.25) is 0 Å². The Morgan fingerprint density at radius 2 is 2.22 bits per heavy atom. The second-order valence-corrected chi connectivity index (χ2v) is 4.75. The van der Waals surface area contributed by atoms with Crippen LogP contribution in [-0.2, 0) is 0 Å². The molecule has 3 aromatic rings. The summed E-state index contributed by atoms with van der Waals surface area (Å²) in [6, 6.07) is 12.1. The number of nitriles is 1. The third-order valence-electron chi connectivity index (χ3n) is 2.69. The summed E-state index contributed by atoms with van der Waals surface area (Å²) < 4.78 is 0. The van der Waals surface area contributed by atoms with Crippen LogP contribution in [-0.4, -0.2) is 9.97 Å². The fourth-order valence-corrected chi connectivity index (χ4v) is 2.55. The number of aromatic amines is 1. The lowest BCUT2D eigenvalue weighted by Gasteiger charge is -1.95. The maximum atomic E-state index is 9.19. The Labute approximate surface area is 108 Å². The lowest BCUT2D eigenvalue weighted by atomic mass is 10.1. The van der Waals surface area contributed by atoms with Crippen LogP contribution >= 0.6 is 11.3 Å². The molecule has 3 aromatic heterocycles. The largest absolute Gasteiger partial charge is 0.345 e. The van der Waals surface area contributed by atoms with E-state index in [9.17, 15) is 5.26 Å². The van der Waals surface area contributed by atoms with E-state index in [0.29, 0.717) is 5.69 Å². The van der Waals surface area contributed by atoms with Gasteiger partial charge in [0.05, 0.1) is 10.6 Å². The number of nitrogens with zero attached hydrogens (tertiary/aromatic N) is 2. The minimum absolute atomic E-state index is 0.575. The van der Waals surface area contributed by atoms with E-state index in [-0.39, 0.29) is 0 Å². The number of aromatic nitrogens is 2. The summed E-state index contributed by atoms with van der Waals surface area (Å²) in [7, 11) is 0. The van der Waals surface area contributed by atoms with Crippen molar-refractivity contribution in [3.05, 3.63) is 53.8 Å². The zero-order chi connectivity index (χ0) is 12.4. The summed E-state index contributed by atoms with van der Waals surface area (Å²) in [4.78, 5) is 8.37. The van der Waals surface area contributed by atoms with Crippen LogP contribution in [0, 0.1) is 11.3 Å². The summed E-state index contributed by atoms with van der Waals surface area (Å²) in [5, 5.41) is 11.2. The topological polar surface area (TPSA) is 52.5 Å². The molecule has 0 radical (unpaired) electrons. The van der Waals surface area contributed by atoms with Crippen LogP contribution in [0.4, 0.5) is 0 Å². The highest BCUT2D eigenvalue weighted by Gasteiger charge is 2.11. The molecule has 0 aromatic carbocycles. The molecule has 0 aliphatic carbocycles. The van der Waals surface area contributed by atoms with E-state index in [1.807, 2.05) is 35.7 Å². The number of thiophene rings is 1. The molecule has 86 valence electrons. The number of hydrogen-bond donors (Lipinski definition) is 1. The minimum atomic E-state index is 0.575. The lowest BCUT2D eigenvalue weighted by molar-refractivity contribution is 1.31. The molecule has 0 bridgehead atoms. The van der Waals surface area contributed by atoms with Crippen molar-refractivity contribution in [3.8, 4) is 27.8 Å². The van der Waals surface area contributed by atoms with Gasteiger partial charge < -0.3 is 4.98 Å². The Morgan fingerprint density at radius 1 is 1.28 bits per heavy atom. The molecule has 0 spiro atoms. The highest BCUT2D eigenvalue weighted by molar-refractivity contribution is 7.13. The maximum absolute atomic E-state index is 9.19. The van der Waals surface area contributed by atoms with E-state index >= 15 is 0 Å². The number of rotatable bonds is 2. The fourth-order valence-electron chi connectivity index (χ4n) is 1.86. The van der Waals surface area contributed by atoms with Crippen molar-refractivity contribution in [2.45, 2.75) is 0 Å². The molecule has 1 N–H and O–H groups in total. The molecule has 3 nitrogen and oxygen atoms in total. The molecule has 3 heterocycles. The summed E-state index contributed by atoms with van der Waals surface area (Å²) in [6.45, 7) is 0. The van der Waals surface area contributed by atoms with Crippen LogP contribution in [0.1, 0.15) is 5.69 Å². The summed E-state index contributed by atoms with van der Waals surface area (Å²) >= 11 is 1.65. The van der Waals surface area contributed by atoms with E-state index in [2.05, 4.69) is 16.0 Å². The van der Waals surface area contributed by atoms with Crippen molar-refractivity contribution >= 4 is 11.3 Å². The van der Waals surface area contributed by atoms with Gasteiger partial charge in [-0.1, -0.05) is 12.1 Å². The average Bonchev–Trinajstić information content (AvgIpc) is 3.08. The summed E-state index contributed by atoms with van der Waals surface area (Å²) in [5.74, 6) is 0. The van der Waals surface area contributed by atoms with Gasteiger partial charge in [0, 0.05) is 23.5 Å². The summed E-state index contributed by atoms with van der Waals surface area (Å²) in [5.41, 5.74) is 3.40. The van der Waals surface area contributed by atoms with Crippen molar-refractivity contribution in [2.24, 2.45) is 0 Å². The van der Waals surface area contributed by atoms with E-state index in [1.54, 1.807) is 23.7 Å². The minimum Gasteiger partial charge on any atom is -0.345 e. The first kappa shape index (κ1) is 10.8. The standard InChI is InChI=1S/C14H9N3S/c15-8-13-11(10-3-1-5-16-9-10)7-12(17-13)14-4-2-6-18-14/h1-7,9,17H. The van der Waals surface area contributed by atoms with Crippen molar-refractivity contribution in [1.29, 1.82) is 5.26 Å². The van der Waals surface area contributed by atoms with Crippen LogP contribution in [0.3, 0.4) is 0 Å². The van der Waals surface area contributed by atoms with E-state index < -0.39 is 0 Å². The van der Waals surface area contributed by atoms with Crippen LogP contribution in [0.15, 0.2) is 48.1 Å². The van der Waals surface area contributed by atoms with Gasteiger partial charge in [0.25, 0.3) is 0 Å². The van der Waals surface area contributed by atoms with E-state index in [1.165, 1.54) is 0 Å². The smallest absolute Gasteiger partial charge is 0.126 e. The molecule has 0 fully saturated rings. The van der Waals surface area contributed by atoms with Gasteiger partial charge in [0.15, 0.2) is 0 Å². The fraction of sp³-hybridized carbons (Fsp3) is 0. The van der Waals surface area contributed by atoms with Crippen LogP contribution in [0.5, 0.6) is 0 Å². The number of hydrogen-bond acceptors (Lipinski definition) is 3. The zero-order valence-electron chi connectivity index (χ0n) is 9.42. The van der Waals surface area contributed by atoms with Gasteiger partial charge >= 0.3 is 0 Å². The first-order valence-corrected chi connectivity index (χ1v) is 6.34. The Kier molecular flexibility index (Phi) is 2.67. The van der Waals surface area contributed by atoms with Gasteiger partial charge in [0.2, 0.25) is 0 Å². The molecule has 0 aliphatic rings. The van der Waals surface area contributed by atoms with Crippen molar-refractivity contribution in [2.75, 3.05) is 0 Å². The van der Waals surface area contributed by atoms with Gasteiger partial charge in [0.1, 0.15) is 11.8 Å². The highest BCUT2D eigenvalue weighted by atomic mass is 32.1. The van der Waals surface area contributed by atoms with Gasteiger partial charge in [-0.15, -0.1) is 11.3 Å². The number of pyridine rings is 1. The maximum Gasteiger partial charge on any atom is 0.126 e.